The fourth-order valence-electron chi connectivity index (χ4n) is 5.21. The number of benzene rings is 3. The molecule has 3 aromatic carbocycles. The maximum atomic E-state index is 13.9. The molecule has 0 N–H and O–H groups in total. The van der Waals surface area contributed by atoms with Crippen LogP contribution in [0.25, 0.3) is 0 Å². The first kappa shape index (κ1) is 20.0. The Kier molecular flexibility index (Phi) is 5.58. The van der Waals surface area contributed by atoms with Crippen LogP contribution in [0, 0.1) is 5.92 Å². The first-order valence-corrected chi connectivity index (χ1v) is 11.2. The third kappa shape index (κ3) is 3.67. The van der Waals surface area contributed by atoms with Gasteiger partial charge in [0.15, 0.2) is 5.78 Å². The van der Waals surface area contributed by atoms with Gasteiger partial charge in [0, 0.05) is 18.7 Å². The minimum absolute atomic E-state index is 0.0103. The maximum absolute atomic E-state index is 13.9. The lowest BCUT2D eigenvalue weighted by Gasteiger charge is -2.27. The lowest BCUT2D eigenvalue weighted by atomic mass is 9.80. The number of nitrogens with zero attached hydrogens (tertiary/aromatic N) is 2. The summed E-state index contributed by atoms with van der Waals surface area (Å²) in [6.07, 6.45) is 1.11. The van der Waals surface area contributed by atoms with E-state index in [1.165, 1.54) is 11.1 Å². The number of hydrogen-bond acceptors (Lipinski definition) is 4. The molecule has 3 aromatic rings. The average molecular weight is 413 g/mol. The topological polar surface area (TPSA) is 32.8 Å². The summed E-state index contributed by atoms with van der Waals surface area (Å²) in [4.78, 5) is 13.9. The molecular weight excluding hydrogens is 384 g/mol. The fraction of sp³-hybridized carbons (Fsp3) is 0.296. The molecule has 2 aliphatic heterocycles. The maximum Gasteiger partial charge on any atom is 0.169 e. The third-order valence-corrected chi connectivity index (χ3v) is 6.46. The third-order valence-electron chi connectivity index (χ3n) is 6.46. The van der Waals surface area contributed by atoms with Crippen LogP contribution in [0.5, 0.6) is 5.75 Å². The molecular formula is C27H28N2O2. The van der Waals surface area contributed by atoms with E-state index in [1.807, 2.05) is 55.5 Å². The number of carbonyl (C=O) groups is 1. The second-order valence-electron chi connectivity index (χ2n) is 8.24. The number of fused-ring (bicyclic) bond motifs is 1. The molecule has 31 heavy (non-hydrogen) atoms. The molecule has 3 atom stereocenters. The lowest BCUT2D eigenvalue weighted by Crippen LogP contribution is -2.32. The summed E-state index contributed by atoms with van der Waals surface area (Å²) >= 11 is 0. The fourth-order valence-corrected chi connectivity index (χ4v) is 5.21. The molecule has 0 aliphatic carbocycles. The van der Waals surface area contributed by atoms with E-state index < -0.39 is 0 Å². The van der Waals surface area contributed by atoms with Gasteiger partial charge >= 0.3 is 0 Å². The Morgan fingerprint density at radius 1 is 0.806 bits per heavy atom. The molecule has 0 radical (unpaired) electrons. The predicted octanol–water partition coefficient (Wildman–Crippen LogP) is 5.30. The monoisotopic (exact) mass is 412 g/mol. The zero-order valence-corrected chi connectivity index (χ0v) is 17.9. The van der Waals surface area contributed by atoms with Gasteiger partial charge < -0.3 is 4.74 Å². The molecule has 5 rings (SSSR count). The molecule has 158 valence electrons. The molecule has 0 unspecified atom stereocenters. The van der Waals surface area contributed by atoms with E-state index in [9.17, 15) is 4.79 Å². The predicted molar refractivity (Wildman–Crippen MR) is 122 cm³/mol. The highest BCUT2D eigenvalue weighted by molar-refractivity contribution is 5.99. The van der Waals surface area contributed by atoms with Crippen LogP contribution in [0.1, 0.15) is 46.9 Å². The zero-order chi connectivity index (χ0) is 21.2. The largest absolute Gasteiger partial charge is 0.494 e. The first-order valence-electron chi connectivity index (χ1n) is 11.2. The van der Waals surface area contributed by atoms with Crippen molar-refractivity contribution in [1.29, 1.82) is 0 Å². The van der Waals surface area contributed by atoms with Gasteiger partial charge in [0.05, 0.1) is 24.6 Å². The number of hydrogen-bond donors (Lipinski definition) is 0. The molecule has 0 amide bonds. The van der Waals surface area contributed by atoms with Crippen molar-refractivity contribution in [1.82, 2.24) is 10.0 Å². The second-order valence-corrected chi connectivity index (χ2v) is 8.24. The summed E-state index contributed by atoms with van der Waals surface area (Å²) < 4.78 is 5.65. The molecule has 2 heterocycles. The number of ketones is 1. The van der Waals surface area contributed by atoms with Crippen molar-refractivity contribution in [3.63, 3.8) is 0 Å². The molecule has 2 aliphatic rings. The van der Waals surface area contributed by atoms with E-state index in [0.29, 0.717) is 6.61 Å². The van der Waals surface area contributed by atoms with Gasteiger partial charge in [-0.2, -0.15) is 0 Å². The van der Waals surface area contributed by atoms with E-state index in [2.05, 4.69) is 46.4 Å². The molecule has 2 fully saturated rings. The van der Waals surface area contributed by atoms with Gasteiger partial charge in [0.1, 0.15) is 5.75 Å². The second kappa shape index (κ2) is 8.66. The highest BCUT2D eigenvalue weighted by atomic mass is 16.5. The summed E-state index contributed by atoms with van der Waals surface area (Å²) in [6, 6.07) is 28.6. The number of hydrazine groups is 1. The normalized spacial score (nSPS) is 23.6. The van der Waals surface area contributed by atoms with Crippen LogP contribution < -0.4 is 4.74 Å². The van der Waals surface area contributed by atoms with Gasteiger partial charge in [-0.05, 0) is 36.6 Å². The number of ether oxygens (including phenoxy) is 1. The smallest absolute Gasteiger partial charge is 0.169 e. The molecule has 0 spiro atoms. The Bertz CT molecular complexity index is 1020. The van der Waals surface area contributed by atoms with Gasteiger partial charge in [-0.25, -0.2) is 10.0 Å². The van der Waals surface area contributed by atoms with Gasteiger partial charge in [0.2, 0.25) is 0 Å². The zero-order valence-electron chi connectivity index (χ0n) is 17.9. The highest BCUT2D eigenvalue weighted by Crippen LogP contribution is 2.51. The summed E-state index contributed by atoms with van der Waals surface area (Å²) in [5.41, 5.74) is 3.16. The van der Waals surface area contributed by atoms with Crippen LogP contribution in [0.4, 0.5) is 0 Å². The van der Waals surface area contributed by atoms with Crippen molar-refractivity contribution < 1.29 is 9.53 Å². The Morgan fingerprint density at radius 2 is 1.35 bits per heavy atom. The Morgan fingerprint density at radius 3 is 1.94 bits per heavy atom. The van der Waals surface area contributed by atoms with Crippen molar-refractivity contribution in [3.05, 3.63) is 102 Å². The SMILES string of the molecule is CCOc1ccc([C@H]2[C@H](C(=O)c3ccccc3)[C@@H](c3ccccc3)N3CCCN23)cc1. The molecule has 4 heteroatoms. The van der Waals surface area contributed by atoms with Crippen molar-refractivity contribution >= 4 is 5.78 Å². The molecule has 0 aromatic heterocycles. The lowest BCUT2D eigenvalue weighted by molar-refractivity contribution is 0.0252. The van der Waals surface area contributed by atoms with Gasteiger partial charge in [-0.15, -0.1) is 0 Å². The average Bonchev–Trinajstić information content (AvgIpc) is 3.41. The van der Waals surface area contributed by atoms with Crippen LogP contribution in [0.15, 0.2) is 84.9 Å². The number of Topliss-reactive ketones (excluding diaryl/α,β-unsaturated/α-hetero) is 1. The highest BCUT2D eigenvalue weighted by Gasteiger charge is 2.53. The van der Waals surface area contributed by atoms with Crippen molar-refractivity contribution in [2.24, 2.45) is 5.92 Å². The van der Waals surface area contributed by atoms with E-state index in [1.54, 1.807) is 0 Å². The summed E-state index contributed by atoms with van der Waals surface area (Å²) in [5.74, 6) is 0.902. The molecule has 2 saturated heterocycles. The van der Waals surface area contributed by atoms with Gasteiger partial charge in [-0.1, -0.05) is 72.8 Å². The van der Waals surface area contributed by atoms with E-state index in [4.69, 9.17) is 4.74 Å². The summed E-state index contributed by atoms with van der Waals surface area (Å²) in [5, 5.41) is 4.86. The quantitative estimate of drug-likeness (QED) is 0.514. The van der Waals surface area contributed by atoms with Gasteiger partial charge in [-0.3, -0.25) is 4.79 Å². The Hall–Kier alpha value is -2.95. The molecule has 0 saturated carbocycles. The number of carbonyl (C=O) groups excluding carboxylic acids is 1. The van der Waals surface area contributed by atoms with Crippen molar-refractivity contribution in [2.45, 2.75) is 25.4 Å². The number of rotatable bonds is 6. The van der Waals surface area contributed by atoms with Crippen LogP contribution >= 0.6 is 0 Å². The van der Waals surface area contributed by atoms with Gasteiger partial charge in [0.25, 0.3) is 0 Å². The van der Waals surface area contributed by atoms with Crippen LogP contribution in [0.2, 0.25) is 0 Å². The van der Waals surface area contributed by atoms with Crippen molar-refractivity contribution in [3.8, 4) is 5.75 Å². The van der Waals surface area contributed by atoms with E-state index in [0.717, 1.165) is 30.8 Å². The standard InChI is InChI=1S/C27H28N2O2/c1-2-31-23-16-14-21(15-17-23)26-24(27(30)22-12-7-4-8-13-22)25(20-10-5-3-6-11-20)28-18-9-19-29(26)28/h3-8,10-17,24-26H,2,9,18-19H2,1H3/t24-,25-,26+/m1/s1. The van der Waals surface area contributed by atoms with Crippen LogP contribution in [-0.4, -0.2) is 35.5 Å². The summed E-state index contributed by atoms with van der Waals surface area (Å²) in [6.45, 7) is 4.59. The van der Waals surface area contributed by atoms with E-state index in [-0.39, 0.29) is 23.8 Å². The Balaban J connectivity index is 1.61. The molecule has 0 bridgehead atoms. The minimum atomic E-state index is -0.178. The Labute approximate surface area is 184 Å². The first-order chi connectivity index (χ1) is 15.3. The van der Waals surface area contributed by atoms with Crippen molar-refractivity contribution in [2.75, 3.05) is 19.7 Å². The minimum Gasteiger partial charge on any atom is -0.494 e. The van der Waals surface area contributed by atoms with Crippen LogP contribution in [0.3, 0.4) is 0 Å². The van der Waals surface area contributed by atoms with Crippen LogP contribution in [-0.2, 0) is 0 Å². The molecule has 4 nitrogen and oxygen atoms in total. The summed E-state index contributed by atoms with van der Waals surface area (Å²) in [7, 11) is 0. The van der Waals surface area contributed by atoms with E-state index >= 15 is 0 Å².